The van der Waals surface area contributed by atoms with Crippen molar-refractivity contribution in [1.82, 2.24) is 50.2 Å². The van der Waals surface area contributed by atoms with Gasteiger partial charge in [0.05, 0.1) is 10.8 Å². The summed E-state index contributed by atoms with van der Waals surface area (Å²) in [5.74, 6) is -4.25. The highest BCUT2D eigenvalue weighted by Gasteiger charge is 2.27. The van der Waals surface area contributed by atoms with Crippen LogP contribution < -0.4 is 41.9 Å². The molecule has 0 atom stereocenters. The van der Waals surface area contributed by atoms with Crippen LogP contribution in [0, 0.1) is 33.3 Å². The molecule has 0 unspecified atom stereocenters. The molecular formula is C40H52F2N16O6. The molecule has 2 saturated heterocycles. The van der Waals surface area contributed by atoms with Crippen molar-refractivity contribution in [2.24, 2.45) is 0 Å². The van der Waals surface area contributed by atoms with E-state index in [2.05, 4.69) is 31.2 Å². The number of nitrogens with zero attached hydrogens (tertiary/aromatic N) is 8. The van der Waals surface area contributed by atoms with Crippen molar-refractivity contribution in [2.45, 2.75) is 52.6 Å². The molecule has 0 aliphatic carbocycles. The van der Waals surface area contributed by atoms with Crippen molar-refractivity contribution < 1.29 is 28.6 Å². The largest absolute Gasteiger partial charge is 0.477 e. The lowest BCUT2D eigenvalue weighted by Crippen LogP contribution is -2.55. The minimum atomic E-state index is -1.40. The summed E-state index contributed by atoms with van der Waals surface area (Å²) < 4.78 is 33.4. The lowest BCUT2D eigenvalue weighted by molar-refractivity contribution is 0.0684. The van der Waals surface area contributed by atoms with Gasteiger partial charge in [-0.2, -0.15) is 0 Å². The van der Waals surface area contributed by atoms with Gasteiger partial charge >= 0.3 is 11.9 Å². The first-order valence-electron chi connectivity index (χ1n) is 20.9. The van der Waals surface area contributed by atoms with E-state index >= 15 is 8.78 Å². The van der Waals surface area contributed by atoms with Gasteiger partial charge in [0.25, 0.3) is 0 Å². The number of carbonyl (C=O) groups is 2. The molecule has 0 radical (unpaired) electrons. The molecule has 2 fully saturated rings. The van der Waals surface area contributed by atoms with Gasteiger partial charge in [-0.3, -0.25) is 41.9 Å². The van der Waals surface area contributed by atoms with E-state index in [-0.39, 0.29) is 57.5 Å². The molecule has 64 heavy (non-hydrogen) atoms. The van der Waals surface area contributed by atoms with Gasteiger partial charge in [0, 0.05) is 90.9 Å². The second-order valence-corrected chi connectivity index (χ2v) is 15.2. The maximum absolute atomic E-state index is 15.2. The Labute approximate surface area is 364 Å². The molecule has 10 N–H and O–H groups in total. The molecule has 0 saturated carbocycles. The van der Waals surface area contributed by atoms with Crippen LogP contribution in [0.3, 0.4) is 0 Å². The molecule has 22 nitrogen and oxygen atoms in total. The van der Waals surface area contributed by atoms with E-state index in [1.165, 1.54) is 21.5 Å². The molecular weight excluding hydrogens is 839 g/mol. The topological polar surface area (TPSA) is 301 Å². The van der Waals surface area contributed by atoms with Gasteiger partial charge in [0.15, 0.2) is 47.1 Å². The SMILES string of the molecule is CCn1cc(C(=O)O)c(=O)c2cc(F)c(N3CCN(C(=N)NC(=N)NCCCCCCNC(=N)NC(=N)N4CCN(c5nc6c(cc5F)c(=O)c(C(=O)O)cn6CC)CC4)CC3)nc21. The summed E-state index contributed by atoms with van der Waals surface area (Å²) in [6, 6.07) is 2.06. The quantitative estimate of drug-likeness (QED) is 0.0516. The van der Waals surface area contributed by atoms with Crippen molar-refractivity contribution in [1.29, 1.82) is 21.6 Å². The number of halogens is 2. The number of hydrogen-bond acceptors (Lipinski definition) is 12. The Balaban J connectivity index is 0.839. The average molecular weight is 891 g/mol. The highest BCUT2D eigenvalue weighted by molar-refractivity contribution is 5.97. The van der Waals surface area contributed by atoms with Crippen LogP contribution in [-0.2, 0) is 13.1 Å². The van der Waals surface area contributed by atoms with Gasteiger partial charge < -0.3 is 49.6 Å². The summed E-state index contributed by atoms with van der Waals surface area (Å²) in [7, 11) is 0. The first kappa shape index (κ1) is 46.1. The Morgan fingerprint density at radius 2 is 0.984 bits per heavy atom. The molecule has 0 aromatic carbocycles. The zero-order valence-corrected chi connectivity index (χ0v) is 35.5. The standard InChI is InChI=1S/C40H52F2N16O6/c1-3-53-21-25(35(61)62)29(59)23-19-27(41)33(49-31(23)53)55-11-15-57(16-12-55)39(45)51-37(43)47-9-7-5-6-8-10-48-38(44)52-40(46)58-17-13-56(14-18-58)34-28(42)20-24-30(60)26(36(63)64)22-54(4-2)32(24)50-34/h19-22H,3-18H2,1-2H3,(H,61,62)(H,63,64)(H4,43,45,47,51)(H4,44,46,48,52). The number of carboxylic acids is 2. The van der Waals surface area contributed by atoms with E-state index in [0.29, 0.717) is 78.5 Å². The first-order valence-corrected chi connectivity index (χ1v) is 20.9. The van der Waals surface area contributed by atoms with E-state index in [9.17, 15) is 29.4 Å². The number of unbranched alkanes of at least 4 members (excludes halogenated alkanes) is 3. The number of nitrogens with one attached hydrogen (secondary N) is 8. The predicted octanol–water partition coefficient (Wildman–Crippen LogP) is 1.42. The zero-order chi connectivity index (χ0) is 46.2. The third kappa shape index (κ3) is 10.3. The molecule has 0 spiro atoms. The molecule has 0 amide bonds. The van der Waals surface area contributed by atoms with Crippen LogP contribution in [0.25, 0.3) is 22.1 Å². The number of piperazine rings is 2. The van der Waals surface area contributed by atoms with Crippen LogP contribution in [0.1, 0.15) is 60.2 Å². The summed E-state index contributed by atoms with van der Waals surface area (Å²) >= 11 is 0. The van der Waals surface area contributed by atoms with Crippen molar-refractivity contribution in [3.8, 4) is 0 Å². The minimum Gasteiger partial charge on any atom is -0.477 e. The van der Waals surface area contributed by atoms with Gasteiger partial charge in [-0.1, -0.05) is 12.8 Å². The summed E-state index contributed by atoms with van der Waals surface area (Å²) in [6.07, 6.45) is 5.65. The number of pyridine rings is 4. The molecule has 6 rings (SSSR count). The van der Waals surface area contributed by atoms with E-state index in [4.69, 9.17) is 21.6 Å². The number of hydrogen-bond donors (Lipinski definition) is 10. The molecule has 0 bridgehead atoms. The fourth-order valence-electron chi connectivity index (χ4n) is 7.58. The van der Waals surface area contributed by atoms with Gasteiger partial charge in [-0.15, -0.1) is 0 Å². The first-order chi connectivity index (χ1) is 30.6. The van der Waals surface area contributed by atoms with Crippen LogP contribution >= 0.6 is 0 Å². The third-order valence-electron chi connectivity index (χ3n) is 11.1. The molecule has 6 heterocycles. The van der Waals surface area contributed by atoms with Gasteiger partial charge in [0.2, 0.25) is 10.9 Å². The highest BCUT2D eigenvalue weighted by atomic mass is 19.1. The summed E-state index contributed by atoms with van der Waals surface area (Å²) in [5, 5.41) is 63.3. The van der Waals surface area contributed by atoms with E-state index in [1.54, 1.807) is 33.4 Å². The lowest BCUT2D eigenvalue weighted by Gasteiger charge is -2.36. The maximum Gasteiger partial charge on any atom is 0.341 e. The maximum atomic E-state index is 15.2. The Morgan fingerprint density at radius 1 is 0.625 bits per heavy atom. The van der Waals surface area contributed by atoms with Crippen LogP contribution in [0.5, 0.6) is 0 Å². The van der Waals surface area contributed by atoms with Crippen molar-refractivity contribution in [2.75, 3.05) is 75.2 Å². The number of aryl methyl sites for hydroxylation is 2. The van der Waals surface area contributed by atoms with Crippen LogP contribution in [0.4, 0.5) is 20.4 Å². The predicted molar refractivity (Wildman–Crippen MR) is 236 cm³/mol. The van der Waals surface area contributed by atoms with Crippen LogP contribution in [-0.4, -0.2) is 140 Å². The molecule has 342 valence electrons. The fraction of sp³-hybridized carbons (Fsp3) is 0.450. The van der Waals surface area contributed by atoms with Crippen LogP contribution in [0.15, 0.2) is 34.1 Å². The Morgan fingerprint density at radius 3 is 1.31 bits per heavy atom. The second kappa shape index (κ2) is 20.2. The smallest absolute Gasteiger partial charge is 0.341 e. The van der Waals surface area contributed by atoms with Crippen molar-refractivity contribution in [3.63, 3.8) is 0 Å². The van der Waals surface area contributed by atoms with E-state index < -0.39 is 45.6 Å². The van der Waals surface area contributed by atoms with Crippen molar-refractivity contribution >= 4 is 69.5 Å². The molecule has 2 aliphatic rings. The number of guanidine groups is 4. The number of fused-ring (bicyclic) bond motifs is 2. The molecule has 4 aromatic heterocycles. The monoisotopic (exact) mass is 890 g/mol. The normalized spacial score (nSPS) is 14.1. The summed E-state index contributed by atoms with van der Waals surface area (Å²) in [5.41, 5.74) is -2.14. The van der Waals surface area contributed by atoms with Crippen LogP contribution in [0.2, 0.25) is 0 Å². The van der Waals surface area contributed by atoms with Gasteiger partial charge in [-0.25, -0.2) is 28.3 Å². The Hall–Kier alpha value is -7.40. The van der Waals surface area contributed by atoms with E-state index in [1.807, 2.05) is 0 Å². The summed E-state index contributed by atoms with van der Waals surface area (Å²) in [6.45, 7) is 7.82. The zero-order valence-electron chi connectivity index (χ0n) is 35.5. The van der Waals surface area contributed by atoms with Gasteiger partial charge in [0.1, 0.15) is 22.4 Å². The number of rotatable bonds is 13. The molecule has 4 aromatic rings. The number of aromatic nitrogens is 4. The van der Waals surface area contributed by atoms with Gasteiger partial charge in [-0.05, 0) is 38.8 Å². The number of anilines is 2. The summed E-state index contributed by atoms with van der Waals surface area (Å²) in [4.78, 5) is 64.1. The number of carboxylic acid groups (broad SMARTS) is 2. The van der Waals surface area contributed by atoms with Crippen molar-refractivity contribution in [3.05, 3.63) is 67.7 Å². The third-order valence-corrected chi connectivity index (χ3v) is 11.1. The average Bonchev–Trinajstić information content (AvgIpc) is 3.27. The number of aromatic carboxylic acids is 2. The Kier molecular flexibility index (Phi) is 14.5. The second-order valence-electron chi connectivity index (χ2n) is 15.2. The highest BCUT2D eigenvalue weighted by Crippen LogP contribution is 2.24. The molecule has 24 heteroatoms. The fourth-order valence-corrected chi connectivity index (χ4v) is 7.58. The minimum absolute atomic E-state index is 0.0156. The van der Waals surface area contributed by atoms with E-state index in [0.717, 1.165) is 37.8 Å². The lowest BCUT2D eigenvalue weighted by atomic mass is 10.2. The molecule has 2 aliphatic heterocycles. The Bertz CT molecular complexity index is 2430.